The topological polar surface area (TPSA) is 127 Å². The Morgan fingerprint density at radius 1 is 0.719 bits per heavy atom. The molecule has 2 aromatic rings. The van der Waals surface area contributed by atoms with E-state index in [9.17, 15) is 29.8 Å². The molecule has 1 heterocycles. The van der Waals surface area contributed by atoms with Gasteiger partial charge in [-0.1, -0.05) is 24.3 Å². The predicted molar refractivity (Wildman–Crippen MR) is 117 cm³/mol. The zero-order valence-corrected chi connectivity index (χ0v) is 17.5. The van der Waals surface area contributed by atoms with E-state index < -0.39 is 9.85 Å². The van der Waals surface area contributed by atoms with Gasteiger partial charge in [-0.3, -0.25) is 29.8 Å². The first-order chi connectivity index (χ1) is 15.3. The maximum atomic E-state index is 12.4. The largest absolute Gasteiger partial charge is 0.300 e. The van der Waals surface area contributed by atoms with E-state index in [0.29, 0.717) is 24.2 Å². The summed E-state index contributed by atoms with van der Waals surface area (Å²) in [7, 11) is 0. The number of rotatable bonds is 10. The lowest BCUT2D eigenvalue weighted by Crippen LogP contribution is -2.47. The van der Waals surface area contributed by atoms with E-state index >= 15 is 0 Å². The van der Waals surface area contributed by atoms with Gasteiger partial charge >= 0.3 is 0 Å². The highest BCUT2D eigenvalue weighted by Crippen LogP contribution is 2.16. The number of nitrogens with zero attached hydrogens (tertiary/aromatic N) is 4. The van der Waals surface area contributed by atoms with Crippen LogP contribution in [0.5, 0.6) is 0 Å². The van der Waals surface area contributed by atoms with Crippen molar-refractivity contribution in [3.63, 3.8) is 0 Å². The summed E-state index contributed by atoms with van der Waals surface area (Å²) in [5.41, 5.74) is 0.503. The second-order valence-corrected chi connectivity index (χ2v) is 7.64. The lowest BCUT2D eigenvalue weighted by molar-refractivity contribution is -0.385. The van der Waals surface area contributed by atoms with Gasteiger partial charge in [-0.05, 0) is 0 Å². The van der Waals surface area contributed by atoms with Gasteiger partial charge in [0.1, 0.15) is 0 Å². The molecule has 0 spiro atoms. The molecule has 10 heteroatoms. The molecule has 10 nitrogen and oxygen atoms in total. The van der Waals surface area contributed by atoms with Crippen molar-refractivity contribution in [2.45, 2.75) is 12.8 Å². The molecular formula is C22H24N4O6. The Hall–Kier alpha value is -3.50. The maximum Gasteiger partial charge on any atom is 0.270 e. The van der Waals surface area contributed by atoms with Gasteiger partial charge in [0.05, 0.1) is 9.85 Å². The van der Waals surface area contributed by atoms with Crippen molar-refractivity contribution in [1.29, 1.82) is 0 Å². The number of hydrogen-bond acceptors (Lipinski definition) is 8. The Labute approximate surface area is 184 Å². The number of Topliss-reactive ketones (excluding diaryl/α,β-unsaturated/α-hetero) is 2. The molecule has 0 aliphatic carbocycles. The minimum atomic E-state index is -0.514. The van der Waals surface area contributed by atoms with Crippen LogP contribution < -0.4 is 0 Å². The summed E-state index contributed by atoms with van der Waals surface area (Å²) in [6, 6.07) is 11.5. The minimum Gasteiger partial charge on any atom is -0.300 e. The highest BCUT2D eigenvalue weighted by molar-refractivity contribution is 5.97. The van der Waals surface area contributed by atoms with Crippen molar-refractivity contribution in [2.75, 3.05) is 39.3 Å². The van der Waals surface area contributed by atoms with Gasteiger partial charge in [0.2, 0.25) is 0 Å². The number of benzene rings is 2. The van der Waals surface area contributed by atoms with E-state index in [1.165, 1.54) is 36.4 Å². The van der Waals surface area contributed by atoms with Crippen LogP contribution >= 0.6 is 0 Å². The molecule has 2 aromatic carbocycles. The number of carbonyl (C=O) groups is 2. The Bertz CT molecular complexity index is 935. The lowest BCUT2D eigenvalue weighted by atomic mass is 10.1. The van der Waals surface area contributed by atoms with Crippen LogP contribution in [0.2, 0.25) is 0 Å². The number of non-ortho nitro benzene ring substituents is 2. The molecule has 3 rings (SSSR count). The smallest absolute Gasteiger partial charge is 0.270 e. The van der Waals surface area contributed by atoms with Crippen LogP contribution in [0.25, 0.3) is 0 Å². The monoisotopic (exact) mass is 440 g/mol. The summed E-state index contributed by atoms with van der Waals surface area (Å²) in [5.74, 6) is -0.252. The fourth-order valence-electron chi connectivity index (χ4n) is 3.63. The third kappa shape index (κ3) is 6.25. The minimum absolute atomic E-state index is 0.0934. The molecule has 1 fully saturated rings. The van der Waals surface area contributed by atoms with Crippen molar-refractivity contribution in [2.24, 2.45) is 0 Å². The van der Waals surface area contributed by atoms with Gasteiger partial charge in [0, 0.05) is 87.5 Å². The molecule has 1 aliphatic heterocycles. The van der Waals surface area contributed by atoms with E-state index in [4.69, 9.17) is 0 Å². The first-order valence-corrected chi connectivity index (χ1v) is 10.3. The second-order valence-electron chi connectivity index (χ2n) is 7.64. The molecule has 0 unspecified atom stereocenters. The first kappa shape index (κ1) is 23.2. The van der Waals surface area contributed by atoms with Gasteiger partial charge < -0.3 is 9.80 Å². The van der Waals surface area contributed by atoms with E-state index in [0.717, 1.165) is 26.2 Å². The van der Waals surface area contributed by atoms with Crippen molar-refractivity contribution >= 4 is 22.9 Å². The van der Waals surface area contributed by atoms with Crippen molar-refractivity contribution < 1.29 is 19.4 Å². The number of nitro benzene ring substituents is 2. The molecule has 0 atom stereocenters. The molecule has 0 radical (unpaired) electrons. The number of piperazine rings is 1. The van der Waals surface area contributed by atoms with Crippen molar-refractivity contribution in [3.8, 4) is 0 Å². The second kappa shape index (κ2) is 10.7. The van der Waals surface area contributed by atoms with Gasteiger partial charge in [0.25, 0.3) is 11.4 Å². The molecule has 32 heavy (non-hydrogen) atoms. The van der Waals surface area contributed by atoms with E-state index in [1.807, 2.05) is 0 Å². The first-order valence-electron chi connectivity index (χ1n) is 10.3. The zero-order chi connectivity index (χ0) is 23.1. The summed E-state index contributed by atoms with van der Waals surface area (Å²) in [6.07, 6.45) is 0.568. The van der Waals surface area contributed by atoms with Crippen LogP contribution in [0.4, 0.5) is 11.4 Å². The predicted octanol–water partition coefficient (Wildman–Crippen LogP) is 2.97. The molecule has 0 saturated carbocycles. The average Bonchev–Trinajstić information content (AvgIpc) is 2.81. The summed E-state index contributed by atoms with van der Waals surface area (Å²) in [4.78, 5) is 49.8. The highest BCUT2D eigenvalue weighted by Gasteiger charge is 2.20. The van der Waals surface area contributed by atoms with Crippen molar-refractivity contribution in [1.82, 2.24) is 9.80 Å². The molecule has 1 saturated heterocycles. The number of carbonyl (C=O) groups excluding carboxylic acids is 2. The third-order valence-corrected chi connectivity index (χ3v) is 5.53. The van der Waals surface area contributed by atoms with Crippen LogP contribution in [0, 0.1) is 20.2 Å². The normalized spacial score (nSPS) is 14.8. The Balaban J connectivity index is 1.40. The number of ketones is 2. The molecule has 0 N–H and O–H groups in total. The SMILES string of the molecule is O=C(CCN1CCN(CCC(=O)c2cccc([N+](=O)[O-])c2)CC1)c1cccc([N+](=O)[O-])c1. The molecular weight excluding hydrogens is 416 g/mol. The molecule has 168 valence electrons. The van der Waals surface area contributed by atoms with Gasteiger partial charge in [-0.15, -0.1) is 0 Å². The summed E-state index contributed by atoms with van der Waals surface area (Å²) in [6.45, 7) is 4.17. The lowest BCUT2D eigenvalue weighted by Gasteiger charge is -2.34. The Morgan fingerprint density at radius 2 is 1.09 bits per heavy atom. The third-order valence-electron chi connectivity index (χ3n) is 5.53. The molecule has 1 aliphatic rings. The average molecular weight is 440 g/mol. The summed E-state index contributed by atoms with van der Waals surface area (Å²) < 4.78 is 0. The number of nitro groups is 2. The standard InChI is InChI=1S/C22H24N4O6/c27-21(17-3-1-5-19(15-17)25(29)30)7-9-23-11-13-24(14-12-23)10-8-22(28)18-4-2-6-20(16-18)26(31)32/h1-6,15-16H,7-14H2. The Morgan fingerprint density at radius 3 is 1.44 bits per heavy atom. The van der Waals surface area contributed by atoms with E-state index in [-0.39, 0.29) is 35.8 Å². The highest BCUT2D eigenvalue weighted by atomic mass is 16.6. The van der Waals surface area contributed by atoms with Crippen LogP contribution in [0.3, 0.4) is 0 Å². The zero-order valence-electron chi connectivity index (χ0n) is 17.5. The molecule has 0 bridgehead atoms. The fraction of sp³-hybridized carbons (Fsp3) is 0.364. The summed E-state index contributed by atoms with van der Waals surface area (Å²) in [5, 5.41) is 21.7. The van der Waals surface area contributed by atoms with Crippen LogP contribution in [0.1, 0.15) is 33.6 Å². The van der Waals surface area contributed by atoms with Gasteiger partial charge in [0.15, 0.2) is 11.6 Å². The van der Waals surface area contributed by atoms with Gasteiger partial charge in [-0.2, -0.15) is 0 Å². The quantitative estimate of drug-likeness (QED) is 0.313. The van der Waals surface area contributed by atoms with Crippen molar-refractivity contribution in [3.05, 3.63) is 79.9 Å². The fourth-order valence-corrected chi connectivity index (χ4v) is 3.63. The van der Waals surface area contributed by atoms with Gasteiger partial charge in [-0.25, -0.2) is 0 Å². The Kier molecular flexibility index (Phi) is 7.74. The van der Waals surface area contributed by atoms with E-state index in [2.05, 4.69) is 9.80 Å². The van der Waals surface area contributed by atoms with Crippen LogP contribution in [-0.4, -0.2) is 70.5 Å². The molecule has 0 aromatic heterocycles. The van der Waals surface area contributed by atoms with Crippen LogP contribution in [-0.2, 0) is 0 Å². The van der Waals surface area contributed by atoms with Crippen LogP contribution in [0.15, 0.2) is 48.5 Å². The number of hydrogen-bond donors (Lipinski definition) is 0. The summed E-state index contributed by atoms with van der Waals surface area (Å²) >= 11 is 0. The molecule has 0 amide bonds. The maximum absolute atomic E-state index is 12.4. The van der Waals surface area contributed by atoms with E-state index in [1.54, 1.807) is 12.1 Å².